The molecule has 2 saturated heterocycles. The molecule has 0 spiro atoms. The summed E-state index contributed by atoms with van der Waals surface area (Å²) < 4.78 is 3.14. The van der Waals surface area contributed by atoms with Gasteiger partial charge >= 0.3 is 5.97 Å². The number of aliphatic hydroxyl groups is 1. The minimum absolute atomic E-state index is 0.0641. The summed E-state index contributed by atoms with van der Waals surface area (Å²) in [7, 11) is 0. The molecule has 3 heterocycles. The second-order valence-electron chi connectivity index (χ2n) is 7.40. The number of amides is 3. The molecule has 2 unspecified atom stereocenters. The van der Waals surface area contributed by atoms with Crippen LogP contribution < -0.4 is 0 Å². The average molecular weight is 494 g/mol. The quantitative estimate of drug-likeness (QED) is 0.295. The Balaban J connectivity index is 1.59. The summed E-state index contributed by atoms with van der Waals surface area (Å²) in [5.74, 6) is -2.65. The van der Waals surface area contributed by atoms with Gasteiger partial charge in [0.25, 0.3) is 17.7 Å². The molecule has 1 N–H and O–H groups in total. The number of esters is 1. The van der Waals surface area contributed by atoms with E-state index in [9.17, 15) is 24.3 Å². The number of benzene rings is 1. The lowest BCUT2D eigenvalue weighted by Crippen LogP contribution is -2.79. The number of hydrogen-bond donors (Lipinski definition) is 1. The monoisotopic (exact) mass is 492 g/mol. The average Bonchev–Trinajstić information content (AvgIpc) is 2.91. The number of thioether (sulfide) groups is 1. The van der Waals surface area contributed by atoms with Crippen molar-refractivity contribution in [1.29, 1.82) is 0 Å². The van der Waals surface area contributed by atoms with Crippen LogP contribution in [0.25, 0.3) is 0 Å². The highest BCUT2D eigenvalue weighted by atomic mass is 35.6. The normalized spacial score (nSPS) is 30.7. The van der Waals surface area contributed by atoms with E-state index in [2.05, 4.69) is 0 Å². The number of ether oxygens (including phenoxy) is 1. The Morgan fingerprint density at radius 2 is 1.80 bits per heavy atom. The molecular weight excluding hydrogens is 479 g/mol. The molecule has 3 aliphatic heterocycles. The van der Waals surface area contributed by atoms with E-state index in [1.165, 1.54) is 30.8 Å². The van der Waals surface area contributed by atoms with Crippen LogP contribution in [0.3, 0.4) is 0 Å². The summed E-state index contributed by atoms with van der Waals surface area (Å²) in [6, 6.07) is 3.85. The zero-order valence-electron chi connectivity index (χ0n) is 15.4. The molecule has 1 aromatic carbocycles. The molecule has 3 aliphatic rings. The van der Waals surface area contributed by atoms with Crippen LogP contribution >= 0.6 is 46.6 Å². The third-order valence-electron chi connectivity index (χ3n) is 5.17. The van der Waals surface area contributed by atoms with E-state index in [1.54, 1.807) is 12.1 Å². The van der Waals surface area contributed by atoms with Crippen LogP contribution in [0.15, 0.2) is 24.3 Å². The molecule has 0 aliphatic carbocycles. The number of nitrogens with zero attached hydrogens (tertiary/aromatic N) is 2. The van der Waals surface area contributed by atoms with Crippen LogP contribution in [0.5, 0.6) is 0 Å². The van der Waals surface area contributed by atoms with Gasteiger partial charge in [-0.05, 0) is 19.1 Å². The second kappa shape index (κ2) is 7.27. The van der Waals surface area contributed by atoms with Crippen LogP contribution in [0.2, 0.25) is 0 Å². The molecule has 8 nitrogen and oxygen atoms in total. The van der Waals surface area contributed by atoms with E-state index in [1.807, 2.05) is 0 Å². The van der Waals surface area contributed by atoms with Crippen LogP contribution in [0.1, 0.15) is 27.6 Å². The fourth-order valence-corrected chi connectivity index (χ4v) is 5.48. The van der Waals surface area contributed by atoms with Crippen molar-refractivity contribution in [2.45, 2.75) is 33.8 Å². The standard InChI is InChI=1S/C18H15Cl3N2O6S/c1-17(28)7-30-15-10(22-12(24)8-4-2-3-5-9(8)13(22)25)14(26)23(15)11(17)16(27)29-6-18(19,20)21/h2-5,10-11,15,28H,6-7H2,1H3/t10?,11?,15-,17-/m1/s1. The van der Waals surface area contributed by atoms with E-state index in [0.29, 0.717) is 0 Å². The Morgan fingerprint density at radius 1 is 1.23 bits per heavy atom. The van der Waals surface area contributed by atoms with Crippen molar-refractivity contribution in [2.24, 2.45) is 0 Å². The predicted octanol–water partition coefficient (Wildman–Crippen LogP) is 1.60. The first kappa shape index (κ1) is 21.7. The summed E-state index contributed by atoms with van der Waals surface area (Å²) in [5.41, 5.74) is -1.17. The number of carbonyl (C=O) groups is 4. The van der Waals surface area contributed by atoms with E-state index in [0.717, 1.165) is 9.80 Å². The maximum absolute atomic E-state index is 13.0. The van der Waals surface area contributed by atoms with Gasteiger partial charge in [-0.15, -0.1) is 11.8 Å². The molecule has 3 amide bonds. The van der Waals surface area contributed by atoms with Crippen LogP contribution in [0, 0.1) is 0 Å². The van der Waals surface area contributed by atoms with Crippen molar-refractivity contribution in [3.05, 3.63) is 35.4 Å². The van der Waals surface area contributed by atoms with E-state index < -0.39 is 57.1 Å². The number of rotatable bonds is 3. The van der Waals surface area contributed by atoms with E-state index >= 15 is 0 Å². The van der Waals surface area contributed by atoms with Crippen molar-refractivity contribution in [2.75, 3.05) is 12.4 Å². The van der Waals surface area contributed by atoms with Gasteiger partial charge in [0, 0.05) is 5.75 Å². The molecule has 160 valence electrons. The maximum atomic E-state index is 13.0. The Labute approximate surface area is 190 Å². The zero-order chi connectivity index (χ0) is 22.0. The van der Waals surface area contributed by atoms with Gasteiger partial charge in [0.1, 0.15) is 23.6 Å². The minimum Gasteiger partial charge on any atom is -0.460 e. The number of β-lactam (4-membered cyclic amide) rings is 1. The molecular formula is C18H15Cl3N2O6S. The highest BCUT2D eigenvalue weighted by Gasteiger charge is 2.65. The first-order valence-corrected chi connectivity index (χ1v) is 11.0. The highest BCUT2D eigenvalue weighted by molar-refractivity contribution is 8.00. The van der Waals surface area contributed by atoms with Gasteiger partial charge in [0.15, 0.2) is 6.04 Å². The van der Waals surface area contributed by atoms with Gasteiger partial charge in [0.05, 0.1) is 11.1 Å². The number of halogens is 3. The van der Waals surface area contributed by atoms with Crippen molar-refractivity contribution in [1.82, 2.24) is 9.80 Å². The Hall–Kier alpha value is -1.52. The number of carbonyl (C=O) groups excluding carboxylic acids is 4. The Morgan fingerprint density at radius 3 is 2.33 bits per heavy atom. The summed E-state index contributed by atoms with van der Waals surface area (Å²) in [5, 5.41) is 10.0. The van der Waals surface area contributed by atoms with Crippen LogP contribution in [-0.2, 0) is 14.3 Å². The van der Waals surface area contributed by atoms with Gasteiger partial charge in [-0.3, -0.25) is 19.3 Å². The van der Waals surface area contributed by atoms with Crippen molar-refractivity contribution in [3.8, 4) is 0 Å². The number of alkyl halides is 3. The van der Waals surface area contributed by atoms with Gasteiger partial charge < -0.3 is 14.7 Å². The fraction of sp³-hybridized carbons (Fsp3) is 0.444. The molecule has 1 aromatic rings. The number of hydrogen-bond acceptors (Lipinski definition) is 7. The van der Waals surface area contributed by atoms with Gasteiger partial charge in [-0.25, -0.2) is 4.79 Å². The van der Waals surface area contributed by atoms with Gasteiger partial charge in [-0.2, -0.15) is 0 Å². The largest absolute Gasteiger partial charge is 0.460 e. The third kappa shape index (κ3) is 3.36. The topological polar surface area (TPSA) is 104 Å². The van der Waals surface area contributed by atoms with Gasteiger partial charge in [-0.1, -0.05) is 46.9 Å². The molecule has 0 saturated carbocycles. The second-order valence-corrected chi connectivity index (χ2v) is 11.0. The summed E-state index contributed by atoms with van der Waals surface area (Å²) in [6.07, 6.45) is 0. The van der Waals surface area contributed by atoms with Gasteiger partial charge in [0.2, 0.25) is 3.79 Å². The van der Waals surface area contributed by atoms with Crippen LogP contribution in [0.4, 0.5) is 0 Å². The lowest BCUT2D eigenvalue weighted by Gasteiger charge is -2.57. The lowest BCUT2D eigenvalue weighted by molar-refractivity contribution is -0.179. The first-order chi connectivity index (χ1) is 13.9. The first-order valence-electron chi connectivity index (χ1n) is 8.80. The number of imide groups is 1. The number of fused-ring (bicyclic) bond motifs is 2. The van der Waals surface area contributed by atoms with Crippen molar-refractivity contribution < 1.29 is 29.0 Å². The Kier molecular flexibility index (Phi) is 5.26. The molecule has 0 bridgehead atoms. The maximum Gasteiger partial charge on any atom is 0.332 e. The highest BCUT2D eigenvalue weighted by Crippen LogP contribution is 2.46. The molecule has 12 heteroatoms. The van der Waals surface area contributed by atoms with Crippen LogP contribution in [-0.4, -0.2) is 77.8 Å². The zero-order valence-corrected chi connectivity index (χ0v) is 18.5. The molecule has 4 rings (SSSR count). The van der Waals surface area contributed by atoms with E-state index in [-0.39, 0.29) is 16.9 Å². The Bertz CT molecular complexity index is 930. The lowest BCUT2D eigenvalue weighted by atomic mass is 9.90. The summed E-state index contributed by atoms with van der Waals surface area (Å²) >= 11 is 18.0. The predicted molar refractivity (Wildman–Crippen MR) is 109 cm³/mol. The molecule has 0 radical (unpaired) electrons. The molecule has 30 heavy (non-hydrogen) atoms. The summed E-state index contributed by atoms with van der Waals surface area (Å²) in [6.45, 7) is 0.824. The fourth-order valence-electron chi connectivity index (χ4n) is 3.85. The molecule has 4 atom stereocenters. The SMILES string of the molecule is C[C@@]1(O)CS[C@@H]2C(N3C(=O)c4ccccc4C3=O)C(=O)N2C1C(=O)OCC(Cl)(Cl)Cl. The molecule has 0 aromatic heterocycles. The smallest absolute Gasteiger partial charge is 0.332 e. The van der Waals surface area contributed by atoms with Crippen molar-refractivity contribution >= 4 is 70.3 Å². The summed E-state index contributed by atoms with van der Waals surface area (Å²) in [4.78, 5) is 53.2. The minimum atomic E-state index is -1.86. The molecule has 2 fully saturated rings. The van der Waals surface area contributed by atoms with Crippen molar-refractivity contribution in [3.63, 3.8) is 0 Å². The third-order valence-corrected chi connectivity index (χ3v) is 7.08. The van der Waals surface area contributed by atoms with E-state index in [4.69, 9.17) is 39.5 Å².